The van der Waals surface area contributed by atoms with E-state index in [-0.39, 0.29) is 18.4 Å². The van der Waals surface area contributed by atoms with Crippen molar-refractivity contribution in [2.45, 2.75) is 20.4 Å². The van der Waals surface area contributed by atoms with E-state index >= 15 is 0 Å². The van der Waals surface area contributed by atoms with Crippen molar-refractivity contribution in [3.05, 3.63) is 58.4 Å². The van der Waals surface area contributed by atoms with Crippen molar-refractivity contribution in [3.8, 4) is 5.75 Å². The average molecular weight is 384 g/mol. The first-order valence-corrected chi connectivity index (χ1v) is 9.32. The minimum absolute atomic E-state index is 0.0138. The first-order valence-electron chi connectivity index (χ1n) is 8.51. The summed E-state index contributed by atoms with van der Waals surface area (Å²) in [5.41, 5.74) is 2.19. The Bertz CT molecular complexity index is 1070. The van der Waals surface area contributed by atoms with E-state index in [2.05, 4.69) is 4.99 Å². The predicted octanol–water partition coefficient (Wildman–Crippen LogP) is 3.32. The number of carbonyl (C=O) groups is 2. The van der Waals surface area contributed by atoms with Crippen LogP contribution in [0.5, 0.6) is 5.75 Å². The Kier molecular flexibility index (Phi) is 5.71. The first kappa shape index (κ1) is 18.8. The first-order chi connectivity index (χ1) is 13.0. The third-order valence-electron chi connectivity index (χ3n) is 4.06. The minimum atomic E-state index is -0.377. The molecule has 0 saturated heterocycles. The third kappa shape index (κ3) is 4.09. The Morgan fingerprint density at radius 3 is 2.67 bits per heavy atom. The summed E-state index contributed by atoms with van der Waals surface area (Å²) in [7, 11) is 1.59. The topological polar surface area (TPSA) is 69.9 Å². The van der Waals surface area contributed by atoms with E-state index in [1.807, 2.05) is 37.3 Å². The summed E-state index contributed by atoms with van der Waals surface area (Å²) in [6, 6.07) is 12.8. The Hall–Kier alpha value is -2.93. The van der Waals surface area contributed by atoms with Gasteiger partial charge in [-0.2, -0.15) is 4.99 Å². The Morgan fingerprint density at radius 1 is 1.19 bits per heavy atom. The number of esters is 1. The molecule has 0 fully saturated rings. The van der Waals surface area contributed by atoms with Gasteiger partial charge in [0, 0.05) is 5.56 Å². The molecule has 3 rings (SSSR count). The molecule has 140 valence electrons. The average Bonchev–Trinajstić information content (AvgIpc) is 2.98. The molecule has 3 aromatic rings. The number of hydrogen-bond donors (Lipinski definition) is 0. The van der Waals surface area contributed by atoms with E-state index in [0.717, 1.165) is 15.8 Å². The molecule has 0 N–H and O–H groups in total. The van der Waals surface area contributed by atoms with Crippen LogP contribution < -0.4 is 9.54 Å². The molecule has 1 heterocycles. The summed E-state index contributed by atoms with van der Waals surface area (Å²) in [6.07, 6.45) is 0. The van der Waals surface area contributed by atoms with E-state index in [1.165, 1.54) is 11.3 Å². The van der Waals surface area contributed by atoms with E-state index in [9.17, 15) is 9.59 Å². The fraction of sp³-hybridized carbons (Fsp3) is 0.250. The van der Waals surface area contributed by atoms with E-state index in [0.29, 0.717) is 22.7 Å². The highest BCUT2D eigenvalue weighted by atomic mass is 32.1. The molecule has 27 heavy (non-hydrogen) atoms. The summed E-state index contributed by atoms with van der Waals surface area (Å²) in [5, 5.41) is 0. The molecule has 1 aromatic heterocycles. The molecule has 0 unspecified atom stereocenters. The highest BCUT2D eigenvalue weighted by Gasteiger charge is 2.14. The molecule has 0 aliphatic rings. The van der Waals surface area contributed by atoms with Gasteiger partial charge >= 0.3 is 5.97 Å². The van der Waals surface area contributed by atoms with Gasteiger partial charge in [0.2, 0.25) is 0 Å². The largest absolute Gasteiger partial charge is 0.497 e. The quantitative estimate of drug-likeness (QED) is 0.633. The van der Waals surface area contributed by atoms with Gasteiger partial charge < -0.3 is 14.0 Å². The fourth-order valence-electron chi connectivity index (χ4n) is 2.71. The predicted molar refractivity (Wildman–Crippen MR) is 104 cm³/mol. The zero-order chi connectivity index (χ0) is 19.4. The SMILES string of the molecule is CCOC(=O)Cn1c(=NC(=O)c2ccccc2C)sc2cc(OC)ccc21. The van der Waals surface area contributed by atoms with Crippen LogP contribution in [-0.2, 0) is 16.1 Å². The number of fused-ring (bicyclic) bond motifs is 1. The highest BCUT2D eigenvalue weighted by Crippen LogP contribution is 2.23. The maximum absolute atomic E-state index is 12.7. The highest BCUT2D eigenvalue weighted by molar-refractivity contribution is 7.16. The maximum Gasteiger partial charge on any atom is 0.326 e. The fourth-order valence-corrected chi connectivity index (χ4v) is 3.77. The number of rotatable bonds is 5. The van der Waals surface area contributed by atoms with Gasteiger partial charge in [0.05, 0.1) is 23.9 Å². The van der Waals surface area contributed by atoms with Gasteiger partial charge in [0.1, 0.15) is 12.3 Å². The lowest BCUT2D eigenvalue weighted by Gasteiger charge is -2.06. The van der Waals surface area contributed by atoms with Gasteiger partial charge in [-0.15, -0.1) is 0 Å². The van der Waals surface area contributed by atoms with Crippen LogP contribution in [0, 0.1) is 6.92 Å². The molecule has 0 atom stereocenters. The number of hydrogen-bond acceptors (Lipinski definition) is 5. The summed E-state index contributed by atoms with van der Waals surface area (Å²) >= 11 is 1.33. The van der Waals surface area contributed by atoms with Crippen LogP contribution in [0.25, 0.3) is 10.2 Å². The molecule has 0 radical (unpaired) electrons. The molecule has 0 bridgehead atoms. The summed E-state index contributed by atoms with van der Waals surface area (Å²) in [4.78, 5) is 29.5. The second-order valence-corrected chi connectivity index (χ2v) is 6.85. The molecule has 7 heteroatoms. The molecular weight excluding hydrogens is 364 g/mol. The smallest absolute Gasteiger partial charge is 0.326 e. The van der Waals surface area contributed by atoms with Crippen LogP contribution in [0.15, 0.2) is 47.5 Å². The number of ether oxygens (including phenoxy) is 2. The van der Waals surface area contributed by atoms with Crippen LogP contribution in [0.1, 0.15) is 22.8 Å². The molecular formula is C20H20N2O4S. The van der Waals surface area contributed by atoms with Crippen LogP contribution in [0.2, 0.25) is 0 Å². The number of carbonyl (C=O) groups excluding carboxylic acids is 2. The number of aryl methyl sites for hydroxylation is 1. The summed E-state index contributed by atoms with van der Waals surface area (Å²) in [6.45, 7) is 3.90. The van der Waals surface area contributed by atoms with Crippen LogP contribution >= 0.6 is 11.3 Å². The third-order valence-corrected chi connectivity index (χ3v) is 5.10. The summed E-state index contributed by atoms with van der Waals surface area (Å²) < 4.78 is 12.9. The van der Waals surface area contributed by atoms with Gasteiger partial charge in [-0.1, -0.05) is 29.5 Å². The normalized spacial score (nSPS) is 11.6. The minimum Gasteiger partial charge on any atom is -0.497 e. The number of methoxy groups -OCH3 is 1. The number of aromatic nitrogens is 1. The van der Waals surface area contributed by atoms with Crippen LogP contribution in [0.4, 0.5) is 0 Å². The standard InChI is InChI=1S/C20H20N2O4S/c1-4-26-18(23)12-22-16-10-9-14(25-3)11-17(16)27-20(22)21-19(24)15-8-6-5-7-13(15)2/h5-11H,4,12H2,1-3H3. The van der Waals surface area contributed by atoms with Gasteiger partial charge in [-0.25, -0.2) is 0 Å². The lowest BCUT2D eigenvalue weighted by Crippen LogP contribution is -2.23. The van der Waals surface area contributed by atoms with Gasteiger partial charge in [-0.05, 0) is 43.7 Å². The van der Waals surface area contributed by atoms with E-state index in [1.54, 1.807) is 30.7 Å². The molecule has 0 aliphatic heterocycles. The molecule has 2 aromatic carbocycles. The lowest BCUT2D eigenvalue weighted by atomic mass is 10.1. The molecule has 0 aliphatic carbocycles. The van der Waals surface area contributed by atoms with Crippen molar-refractivity contribution in [2.24, 2.45) is 4.99 Å². The van der Waals surface area contributed by atoms with Crippen molar-refractivity contribution >= 4 is 33.4 Å². The number of amides is 1. The maximum atomic E-state index is 12.7. The molecule has 1 amide bonds. The Labute approximate surface area is 160 Å². The Morgan fingerprint density at radius 2 is 1.96 bits per heavy atom. The zero-order valence-corrected chi connectivity index (χ0v) is 16.2. The monoisotopic (exact) mass is 384 g/mol. The van der Waals surface area contributed by atoms with Crippen molar-refractivity contribution < 1.29 is 19.1 Å². The number of thiazole rings is 1. The van der Waals surface area contributed by atoms with Gasteiger partial charge in [0.15, 0.2) is 4.80 Å². The van der Waals surface area contributed by atoms with E-state index < -0.39 is 0 Å². The molecule has 0 spiro atoms. The van der Waals surface area contributed by atoms with E-state index in [4.69, 9.17) is 9.47 Å². The van der Waals surface area contributed by atoms with Crippen LogP contribution in [-0.4, -0.2) is 30.2 Å². The lowest BCUT2D eigenvalue weighted by molar-refractivity contribution is -0.143. The van der Waals surface area contributed by atoms with Crippen LogP contribution in [0.3, 0.4) is 0 Å². The molecule has 6 nitrogen and oxygen atoms in total. The van der Waals surface area contributed by atoms with Crippen molar-refractivity contribution in [1.82, 2.24) is 4.57 Å². The number of nitrogens with zero attached hydrogens (tertiary/aromatic N) is 2. The van der Waals surface area contributed by atoms with Gasteiger partial charge in [0.25, 0.3) is 5.91 Å². The number of benzene rings is 2. The Balaban J connectivity index is 2.13. The van der Waals surface area contributed by atoms with Crippen molar-refractivity contribution in [2.75, 3.05) is 13.7 Å². The van der Waals surface area contributed by atoms with Gasteiger partial charge in [-0.3, -0.25) is 9.59 Å². The van der Waals surface area contributed by atoms with Crippen molar-refractivity contribution in [1.29, 1.82) is 0 Å². The second kappa shape index (κ2) is 8.18. The summed E-state index contributed by atoms with van der Waals surface area (Å²) in [5.74, 6) is -0.0224. The molecule has 0 saturated carbocycles. The second-order valence-electron chi connectivity index (χ2n) is 5.84. The zero-order valence-electron chi connectivity index (χ0n) is 15.4. The van der Waals surface area contributed by atoms with Crippen molar-refractivity contribution in [3.63, 3.8) is 0 Å².